The summed E-state index contributed by atoms with van der Waals surface area (Å²) >= 11 is 1.98. The number of nitrogens with one attached hydrogen (secondary N) is 1. The van der Waals surface area contributed by atoms with E-state index >= 15 is 0 Å². The van der Waals surface area contributed by atoms with Gasteiger partial charge in [-0.25, -0.2) is 0 Å². The Hall–Kier alpha value is -0.340. The molecule has 1 heterocycles. The standard InChI is InChI=1S/C16H29NS/c1-7-12(3)11-13(17-8-2)14-9-10-15(18-14)16(4,5)6/h9-10,12-13,17H,7-8,11H2,1-6H3. The second-order valence-electron chi connectivity index (χ2n) is 6.31. The van der Waals surface area contributed by atoms with E-state index in [0.29, 0.717) is 6.04 Å². The van der Waals surface area contributed by atoms with Crippen molar-refractivity contribution in [2.24, 2.45) is 5.92 Å². The van der Waals surface area contributed by atoms with Crippen LogP contribution in [0.5, 0.6) is 0 Å². The van der Waals surface area contributed by atoms with Gasteiger partial charge in [-0.1, -0.05) is 48.0 Å². The van der Waals surface area contributed by atoms with Gasteiger partial charge in [0.2, 0.25) is 0 Å². The molecule has 0 spiro atoms. The Morgan fingerprint density at radius 3 is 2.33 bits per heavy atom. The fourth-order valence-corrected chi connectivity index (χ4v) is 3.21. The van der Waals surface area contributed by atoms with Gasteiger partial charge in [-0.15, -0.1) is 11.3 Å². The third-order valence-electron chi connectivity index (χ3n) is 3.49. The molecule has 0 aliphatic carbocycles. The molecule has 0 radical (unpaired) electrons. The third kappa shape index (κ3) is 4.40. The highest BCUT2D eigenvalue weighted by atomic mass is 32.1. The first kappa shape index (κ1) is 15.7. The maximum atomic E-state index is 3.64. The van der Waals surface area contributed by atoms with E-state index in [1.54, 1.807) is 0 Å². The molecule has 2 unspecified atom stereocenters. The van der Waals surface area contributed by atoms with Gasteiger partial charge in [-0.3, -0.25) is 0 Å². The normalized spacial score (nSPS) is 15.7. The minimum Gasteiger partial charge on any atom is -0.310 e. The minimum atomic E-state index is 0.274. The molecule has 1 aromatic heterocycles. The van der Waals surface area contributed by atoms with Crippen molar-refractivity contribution in [1.29, 1.82) is 0 Å². The number of thiophene rings is 1. The van der Waals surface area contributed by atoms with Crippen LogP contribution in [0.2, 0.25) is 0 Å². The number of hydrogen-bond donors (Lipinski definition) is 1. The van der Waals surface area contributed by atoms with E-state index in [9.17, 15) is 0 Å². The summed E-state index contributed by atoms with van der Waals surface area (Å²) in [5.74, 6) is 0.786. The topological polar surface area (TPSA) is 12.0 Å². The molecule has 1 nitrogen and oxygen atoms in total. The molecule has 0 aliphatic rings. The molecular formula is C16H29NS. The fraction of sp³-hybridized carbons (Fsp3) is 0.750. The van der Waals surface area contributed by atoms with Crippen LogP contribution in [0.3, 0.4) is 0 Å². The predicted molar refractivity (Wildman–Crippen MR) is 83.5 cm³/mol. The van der Waals surface area contributed by atoms with Crippen molar-refractivity contribution >= 4 is 11.3 Å². The van der Waals surface area contributed by atoms with E-state index < -0.39 is 0 Å². The average Bonchev–Trinajstić information content (AvgIpc) is 2.77. The van der Waals surface area contributed by atoms with Crippen molar-refractivity contribution in [3.05, 3.63) is 21.9 Å². The molecule has 0 amide bonds. The zero-order valence-corrected chi connectivity index (χ0v) is 13.7. The maximum absolute atomic E-state index is 3.64. The minimum absolute atomic E-state index is 0.274. The Balaban J connectivity index is 2.82. The second-order valence-corrected chi connectivity index (χ2v) is 7.43. The van der Waals surface area contributed by atoms with E-state index in [4.69, 9.17) is 0 Å². The largest absolute Gasteiger partial charge is 0.310 e. The van der Waals surface area contributed by atoms with E-state index in [0.717, 1.165) is 12.5 Å². The van der Waals surface area contributed by atoms with Gasteiger partial charge in [0.05, 0.1) is 0 Å². The van der Waals surface area contributed by atoms with Gasteiger partial charge in [0, 0.05) is 15.8 Å². The molecule has 0 bridgehead atoms. The lowest BCUT2D eigenvalue weighted by Crippen LogP contribution is -2.22. The lowest BCUT2D eigenvalue weighted by molar-refractivity contribution is 0.412. The van der Waals surface area contributed by atoms with Gasteiger partial charge in [0.25, 0.3) is 0 Å². The lowest BCUT2D eigenvalue weighted by atomic mass is 9.94. The Morgan fingerprint density at radius 1 is 1.22 bits per heavy atom. The molecule has 1 rings (SSSR count). The molecule has 104 valence electrons. The van der Waals surface area contributed by atoms with Crippen molar-refractivity contribution in [3.8, 4) is 0 Å². The second kappa shape index (κ2) is 6.72. The van der Waals surface area contributed by atoms with Crippen molar-refractivity contribution in [3.63, 3.8) is 0 Å². The first-order chi connectivity index (χ1) is 8.38. The number of hydrogen-bond acceptors (Lipinski definition) is 2. The molecule has 0 fully saturated rings. The molecule has 2 atom stereocenters. The number of rotatable bonds is 6. The third-order valence-corrected chi connectivity index (χ3v) is 5.12. The summed E-state index contributed by atoms with van der Waals surface area (Å²) < 4.78 is 0. The van der Waals surface area contributed by atoms with Crippen LogP contribution in [0.4, 0.5) is 0 Å². The quantitative estimate of drug-likeness (QED) is 0.753. The van der Waals surface area contributed by atoms with Crippen molar-refractivity contribution in [1.82, 2.24) is 5.32 Å². The highest BCUT2D eigenvalue weighted by Crippen LogP contribution is 2.34. The van der Waals surface area contributed by atoms with E-state index in [1.165, 1.54) is 22.6 Å². The van der Waals surface area contributed by atoms with Crippen molar-refractivity contribution < 1.29 is 0 Å². The summed E-state index contributed by atoms with van der Waals surface area (Å²) in [7, 11) is 0. The van der Waals surface area contributed by atoms with Crippen LogP contribution < -0.4 is 5.32 Å². The van der Waals surface area contributed by atoms with Gasteiger partial charge in [0.15, 0.2) is 0 Å². The van der Waals surface area contributed by atoms with Crippen molar-refractivity contribution in [2.45, 2.75) is 65.8 Å². The first-order valence-electron chi connectivity index (χ1n) is 7.22. The summed E-state index contributed by atoms with van der Waals surface area (Å²) in [6.45, 7) is 14.7. The van der Waals surface area contributed by atoms with E-state index in [2.05, 4.69) is 59.0 Å². The predicted octanol–water partition coefficient (Wildman–Crippen LogP) is 5.13. The summed E-state index contributed by atoms with van der Waals surface area (Å²) in [5, 5.41) is 3.64. The van der Waals surface area contributed by atoms with Crippen molar-refractivity contribution in [2.75, 3.05) is 6.54 Å². The Labute approximate surface area is 117 Å². The Bertz CT molecular complexity index is 348. The smallest absolute Gasteiger partial charge is 0.0417 e. The summed E-state index contributed by atoms with van der Waals surface area (Å²) in [6, 6.07) is 5.16. The van der Waals surface area contributed by atoms with E-state index in [-0.39, 0.29) is 5.41 Å². The molecular weight excluding hydrogens is 238 g/mol. The Kier molecular flexibility index (Phi) is 5.87. The van der Waals surface area contributed by atoms with Gasteiger partial charge in [-0.05, 0) is 36.4 Å². The van der Waals surface area contributed by atoms with E-state index in [1.807, 2.05) is 11.3 Å². The van der Waals surface area contributed by atoms with Crippen LogP contribution in [-0.4, -0.2) is 6.54 Å². The summed E-state index contributed by atoms with van der Waals surface area (Å²) in [6.07, 6.45) is 2.51. The lowest BCUT2D eigenvalue weighted by Gasteiger charge is -2.20. The SMILES string of the molecule is CCNC(CC(C)CC)c1ccc(C(C)(C)C)s1. The maximum Gasteiger partial charge on any atom is 0.0417 e. The van der Waals surface area contributed by atoms with Crippen LogP contribution in [0, 0.1) is 5.92 Å². The molecule has 18 heavy (non-hydrogen) atoms. The summed E-state index contributed by atoms with van der Waals surface area (Å²) in [5.41, 5.74) is 0.274. The summed E-state index contributed by atoms with van der Waals surface area (Å²) in [4.78, 5) is 2.99. The van der Waals surface area contributed by atoms with Crippen LogP contribution in [0.1, 0.15) is 70.2 Å². The molecule has 1 aromatic rings. The van der Waals surface area contributed by atoms with Crippen LogP contribution in [-0.2, 0) is 5.41 Å². The highest BCUT2D eigenvalue weighted by molar-refractivity contribution is 7.12. The van der Waals surface area contributed by atoms with Gasteiger partial charge < -0.3 is 5.32 Å². The highest BCUT2D eigenvalue weighted by Gasteiger charge is 2.20. The molecule has 1 N–H and O–H groups in total. The molecule has 0 aliphatic heterocycles. The monoisotopic (exact) mass is 267 g/mol. The Morgan fingerprint density at radius 2 is 1.89 bits per heavy atom. The zero-order valence-electron chi connectivity index (χ0n) is 12.8. The molecule has 0 saturated carbocycles. The van der Waals surface area contributed by atoms with Gasteiger partial charge in [0.1, 0.15) is 0 Å². The van der Waals surface area contributed by atoms with Gasteiger partial charge >= 0.3 is 0 Å². The van der Waals surface area contributed by atoms with Gasteiger partial charge in [-0.2, -0.15) is 0 Å². The zero-order chi connectivity index (χ0) is 13.8. The first-order valence-corrected chi connectivity index (χ1v) is 8.03. The fourth-order valence-electron chi connectivity index (χ4n) is 2.06. The van der Waals surface area contributed by atoms with Crippen LogP contribution >= 0.6 is 11.3 Å². The molecule has 0 aromatic carbocycles. The molecule has 0 saturated heterocycles. The average molecular weight is 267 g/mol. The van der Waals surface area contributed by atoms with Crippen LogP contribution in [0.25, 0.3) is 0 Å². The van der Waals surface area contributed by atoms with Crippen LogP contribution in [0.15, 0.2) is 12.1 Å². The molecule has 2 heteroatoms.